The van der Waals surface area contributed by atoms with Gasteiger partial charge in [0.05, 0.1) is 5.71 Å². The van der Waals surface area contributed by atoms with Crippen LogP contribution in [0, 0.1) is 11.3 Å². The van der Waals surface area contributed by atoms with Crippen LogP contribution >= 0.6 is 12.2 Å². The topological polar surface area (TPSA) is 42.9 Å². The molecule has 0 radical (unpaired) electrons. The first kappa shape index (κ1) is 12.3. The second-order valence-electron chi connectivity index (χ2n) is 5.92. The van der Waals surface area contributed by atoms with Crippen LogP contribution < -0.4 is 10.7 Å². The Morgan fingerprint density at radius 2 is 1.94 bits per heavy atom. The minimum absolute atomic E-state index is 0.189. The zero-order chi connectivity index (χ0) is 12.8. The normalized spacial score (nSPS) is 43.9. The predicted octanol–water partition coefficient (Wildman–Crippen LogP) is -0.296. The number of hydrogen-bond donors (Lipinski definition) is 2. The van der Waals surface area contributed by atoms with Gasteiger partial charge in [0.1, 0.15) is 0 Å². The molecule has 4 heterocycles. The molecule has 18 heavy (non-hydrogen) atoms. The fourth-order valence-corrected chi connectivity index (χ4v) is 3.74. The molecule has 0 amide bonds. The third-order valence-corrected chi connectivity index (χ3v) is 4.64. The van der Waals surface area contributed by atoms with Crippen LogP contribution in [0.1, 0.15) is 6.92 Å². The lowest BCUT2D eigenvalue weighted by Crippen LogP contribution is -2.60. The van der Waals surface area contributed by atoms with E-state index in [9.17, 15) is 0 Å². The SMILES string of the molecule is CNC(=S)N/N=C1\C2CN3CCN(C2)CC1(C)C3. The Bertz CT molecular complexity index is 378. The van der Waals surface area contributed by atoms with E-state index >= 15 is 0 Å². The summed E-state index contributed by atoms with van der Waals surface area (Å²) in [5, 5.41) is 8.12. The molecule has 4 fully saturated rings. The smallest absolute Gasteiger partial charge is 0.186 e. The molecule has 0 aromatic carbocycles. The highest BCUT2D eigenvalue weighted by Crippen LogP contribution is 2.37. The van der Waals surface area contributed by atoms with Gasteiger partial charge in [0.15, 0.2) is 5.11 Å². The molecular formula is C12H21N5S. The molecule has 6 heteroatoms. The van der Waals surface area contributed by atoms with Crippen LogP contribution in [0.5, 0.6) is 0 Å². The van der Waals surface area contributed by atoms with Crippen molar-refractivity contribution in [2.75, 3.05) is 46.3 Å². The summed E-state index contributed by atoms with van der Waals surface area (Å²) < 4.78 is 0. The molecule has 4 rings (SSSR count). The van der Waals surface area contributed by atoms with Crippen LogP contribution in [0.25, 0.3) is 0 Å². The maximum absolute atomic E-state index is 5.10. The summed E-state index contributed by atoms with van der Waals surface area (Å²) in [6.07, 6.45) is 0. The molecule has 0 aliphatic carbocycles. The van der Waals surface area contributed by atoms with Crippen molar-refractivity contribution in [2.45, 2.75) is 6.92 Å². The fourth-order valence-electron chi connectivity index (χ4n) is 3.69. The third kappa shape index (κ3) is 2.02. The highest BCUT2D eigenvalue weighted by molar-refractivity contribution is 7.80. The van der Waals surface area contributed by atoms with Crippen molar-refractivity contribution in [3.05, 3.63) is 0 Å². The summed E-state index contributed by atoms with van der Waals surface area (Å²) >= 11 is 5.10. The van der Waals surface area contributed by atoms with E-state index in [-0.39, 0.29) is 5.41 Å². The number of piperidine rings is 2. The first-order valence-corrected chi connectivity index (χ1v) is 7.02. The van der Waals surface area contributed by atoms with E-state index < -0.39 is 0 Å². The van der Waals surface area contributed by atoms with E-state index in [0.29, 0.717) is 11.0 Å². The molecular weight excluding hydrogens is 246 g/mol. The molecule has 0 aromatic heterocycles. The highest BCUT2D eigenvalue weighted by atomic mass is 32.1. The van der Waals surface area contributed by atoms with Crippen LogP contribution in [-0.4, -0.2) is 66.9 Å². The van der Waals surface area contributed by atoms with E-state index in [1.807, 2.05) is 7.05 Å². The van der Waals surface area contributed by atoms with E-state index in [1.54, 1.807) is 0 Å². The van der Waals surface area contributed by atoms with Crippen molar-refractivity contribution in [1.82, 2.24) is 20.5 Å². The second-order valence-corrected chi connectivity index (χ2v) is 6.32. The molecule has 4 aliphatic heterocycles. The average Bonchev–Trinajstić information content (AvgIpc) is 2.55. The van der Waals surface area contributed by atoms with Crippen LogP contribution in [0.4, 0.5) is 0 Å². The van der Waals surface area contributed by atoms with Crippen LogP contribution in [-0.2, 0) is 0 Å². The number of nitrogens with one attached hydrogen (secondary N) is 2. The lowest BCUT2D eigenvalue weighted by atomic mass is 9.72. The van der Waals surface area contributed by atoms with Gasteiger partial charge in [0, 0.05) is 57.6 Å². The summed E-state index contributed by atoms with van der Waals surface area (Å²) in [5.41, 5.74) is 4.48. The van der Waals surface area contributed by atoms with Gasteiger partial charge in [0.2, 0.25) is 0 Å². The Labute approximate surface area is 114 Å². The van der Waals surface area contributed by atoms with E-state index in [1.165, 1.54) is 18.8 Å². The molecule has 0 spiro atoms. The van der Waals surface area contributed by atoms with Gasteiger partial charge in [-0.1, -0.05) is 6.92 Å². The van der Waals surface area contributed by atoms with Crippen molar-refractivity contribution < 1.29 is 0 Å². The predicted molar refractivity (Wildman–Crippen MR) is 76.7 cm³/mol. The van der Waals surface area contributed by atoms with Crippen LogP contribution in [0.15, 0.2) is 5.10 Å². The molecule has 4 saturated heterocycles. The van der Waals surface area contributed by atoms with Gasteiger partial charge in [-0.15, -0.1) is 0 Å². The Hall–Kier alpha value is -0.720. The van der Waals surface area contributed by atoms with Gasteiger partial charge in [-0.25, -0.2) is 0 Å². The Morgan fingerprint density at radius 3 is 2.44 bits per heavy atom. The summed E-state index contributed by atoms with van der Waals surface area (Å²) in [4.78, 5) is 5.18. The number of hydrazone groups is 1. The van der Waals surface area contributed by atoms with Gasteiger partial charge in [0.25, 0.3) is 0 Å². The first-order chi connectivity index (χ1) is 8.60. The molecule has 4 bridgehead atoms. The zero-order valence-corrected chi connectivity index (χ0v) is 11.9. The largest absolute Gasteiger partial charge is 0.364 e. The summed E-state index contributed by atoms with van der Waals surface area (Å²) in [6, 6.07) is 0. The monoisotopic (exact) mass is 267 g/mol. The van der Waals surface area contributed by atoms with E-state index in [4.69, 9.17) is 12.2 Å². The number of fused-ring (bicyclic) bond motifs is 1. The molecule has 0 aromatic rings. The van der Waals surface area contributed by atoms with E-state index in [0.717, 1.165) is 26.2 Å². The van der Waals surface area contributed by atoms with Gasteiger partial charge in [-0.05, 0) is 12.2 Å². The molecule has 4 aliphatic rings. The van der Waals surface area contributed by atoms with Crippen molar-refractivity contribution in [2.24, 2.45) is 16.4 Å². The lowest BCUT2D eigenvalue weighted by molar-refractivity contribution is 0.130. The molecule has 2 N–H and O–H groups in total. The second kappa shape index (κ2) is 4.43. The summed E-state index contributed by atoms with van der Waals surface area (Å²) in [5.74, 6) is 0.562. The van der Waals surface area contributed by atoms with Crippen molar-refractivity contribution in [3.8, 4) is 0 Å². The van der Waals surface area contributed by atoms with Crippen molar-refractivity contribution in [3.63, 3.8) is 0 Å². The third-order valence-electron chi connectivity index (χ3n) is 4.34. The van der Waals surface area contributed by atoms with Gasteiger partial charge >= 0.3 is 0 Å². The van der Waals surface area contributed by atoms with Gasteiger partial charge in [-0.2, -0.15) is 5.10 Å². The molecule has 100 valence electrons. The maximum atomic E-state index is 5.10. The molecule has 5 nitrogen and oxygen atoms in total. The number of nitrogens with zero attached hydrogens (tertiary/aromatic N) is 3. The maximum Gasteiger partial charge on any atom is 0.186 e. The Balaban J connectivity index is 1.85. The minimum atomic E-state index is 0.189. The number of thiocarbonyl (C=S) groups is 1. The molecule has 2 atom stereocenters. The van der Waals surface area contributed by atoms with Gasteiger partial charge in [-0.3, -0.25) is 5.43 Å². The Kier molecular flexibility index (Phi) is 3.03. The molecule has 2 unspecified atom stereocenters. The quantitative estimate of drug-likeness (QED) is 0.505. The summed E-state index contributed by atoms with van der Waals surface area (Å²) in [7, 11) is 1.82. The number of hydrogen-bond acceptors (Lipinski definition) is 4. The van der Waals surface area contributed by atoms with Crippen LogP contribution in [0.3, 0.4) is 0 Å². The highest BCUT2D eigenvalue weighted by Gasteiger charge is 2.49. The average molecular weight is 267 g/mol. The first-order valence-electron chi connectivity index (χ1n) is 6.61. The Morgan fingerprint density at radius 1 is 1.33 bits per heavy atom. The standard InChI is InChI=1S/C12H21N5S/c1-12-7-16-3-4-17(8-12)6-9(5-16)10(12)14-15-11(18)13-2/h9H,3-8H2,1-2H3,(H2,13,15,18)/b14-10+. The minimum Gasteiger partial charge on any atom is -0.364 e. The van der Waals surface area contributed by atoms with Crippen molar-refractivity contribution >= 4 is 23.0 Å². The van der Waals surface area contributed by atoms with Crippen LogP contribution in [0.2, 0.25) is 0 Å². The lowest BCUT2D eigenvalue weighted by Gasteiger charge is -2.48. The zero-order valence-electron chi connectivity index (χ0n) is 11.1. The fraction of sp³-hybridized carbons (Fsp3) is 0.833. The number of rotatable bonds is 1. The van der Waals surface area contributed by atoms with E-state index in [2.05, 4.69) is 32.6 Å². The molecule has 0 saturated carbocycles. The van der Waals surface area contributed by atoms with Gasteiger partial charge < -0.3 is 15.1 Å². The van der Waals surface area contributed by atoms with Crippen molar-refractivity contribution in [1.29, 1.82) is 0 Å². The summed E-state index contributed by atoms with van der Waals surface area (Å²) in [6.45, 7) is 9.33.